The fourth-order valence-corrected chi connectivity index (χ4v) is 2.28. The fraction of sp³-hybridized carbons (Fsp3) is 0.286. The third-order valence-corrected chi connectivity index (χ3v) is 3.33. The summed E-state index contributed by atoms with van der Waals surface area (Å²) in [6.45, 7) is 3.50. The summed E-state index contributed by atoms with van der Waals surface area (Å²) < 4.78 is 10.6. The number of nitrogens with zero attached hydrogens (tertiary/aromatic N) is 2. The molecule has 6 heteroatoms. The lowest BCUT2D eigenvalue weighted by Gasteiger charge is -2.37. The van der Waals surface area contributed by atoms with Crippen molar-refractivity contribution in [3.8, 4) is 17.0 Å². The number of anilines is 2. The zero-order chi connectivity index (χ0) is 14.5. The number of benzene rings is 1. The number of nitrogen functional groups attached to an aromatic ring is 1. The Morgan fingerprint density at radius 2 is 2.05 bits per heavy atom. The molecule has 6 nitrogen and oxygen atoms in total. The van der Waals surface area contributed by atoms with Crippen LogP contribution < -0.4 is 15.4 Å². The van der Waals surface area contributed by atoms with Gasteiger partial charge >= 0.3 is 0 Å². The number of amides is 1. The van der Waals surface area contributed by atoms with Crippen LogP contribution in [0.2, 0.25) is 0 Å². The van der Waals surface area contributed by atoms with E-state index in [1.54, 1.807) is 31.9 Å². The monoisotopic (exact) mass is 273 g/mol. The summed E-state index contributed by atoms with van der Waals surface area (Å²) in [5.74, 6) is 0.818. The molecule has 0 saturated heterocycles. The van der Waals surface area contributed by atoms with Crippen molar-refractivity contribution in [2.24, 2.45) is 0 Å². The van der Waals surface area contributed by atoms with E-state index in [9.17, 15) is 4.79 Å². The molecule has 1 aromatic carbocycles. The number of carbonyl (C=O) groups excluding carboxylic acids is 1. The number of aromatic nitrogens is 1. The highest BCUT2D eigenvalue weighted by Crippen LogP contribution is 2.39. The van der Waals surface area contributed by atoms with Crippen LogP contribution in [-0.2, 0) is 4.79 Å². The van der Waals surface area contributed by atoms with Gasteiger partial charge in [-0.05, 0) is 32.0 Å². The normalized spacial score (nSPS) is 16.8. The van der Waals surface area contributed by atoms with Crippen molar-refractivity contribution in [1.29, 1.82) is 0 Å². The average Bonchev–Trinajstić information content (AvgIpc) is 2.82. The lowest BCUT2D eigenvalue weighted by molar-refractivity contribution is -0.132. The van der Waals surface area contributed by atoms with Gasteiger partial charge in [0.25, 0.3) is 5.91 Å². The third kappa shape index (κ3) is 1.80. The minimum absolute atomic E-state index is 0.0955. The molecule has 1 amide bonds. The van der Waals surface area contributed by atoms with Gasteiger partial charge in [0.05, 0.1) is 5.69 Å². The molecule has 0 bridgehead atoms. The number of nitrogens with two attached hydrogens (primary N) is 1. The summed E-state index contributed by atoms with van der Waals surface area (Å²) >= 11 is 0. The maximum atomic E-state index is 12.2. The zero-order valence-electron chi connectivity index (χ0n) is 11.5. The van der Waals surface area contributed by atoms with Crippen molar-refractivity contribution < 1.29 is 14.1 Å². The van der Waals surface area contributed by atoms with E-state index in [1.807, 2.05) is 18.2 Å². The number of rotatable bonds is 1. The molecule has 3 rings (SSSR count). The molecule has 0 atom stereocenters. The second-order valence-electron chi connectivity index (χ2n) is 5.27. The van der Waals surface area contributed by atoms with Gasteiger partial charge in [-0.3, -0.25) is 4.79 Å². The van der Waals surface area contributed by atoms with Crippen LogP contribution in [-0.4, -0.2) is 23.7 Å². The van der Waals surface area contributed by atoms with E-state index >= 15 is 0 Å². The fourth-order valence-electron chi connectivity index (χ4n) is 2.28. The summed E-state index contributed by atoms with van der Waals surface area (Å²) in [5.41, 5.74) is 6.80. The van der Waals surface area contributed by atoms with Gasteiger partial charge in [0.15, 0.2) is 5.60 Å². The van der Waals surface area contributed by atoms with E-state index in [-0.39, 0.29) is 11.8 Å². The summed E-state index contributed by atoms with van der Waals surface area (Å²) in [4.78, 5) is 13.8. The first-order valence-electron chi connectivity index (χ1n) is 6.22. The molecule has 2 heterocycles. The first kappa shape index (κ1) is 12.5. The van der Waals surface area contributed by atoms with Crippen LogP contribution in [0.4, 0.5) is 11.6 Å². The first-order chi connectivity index (χ1) is 9.38. The number of hydrogen-bond donors (Lipinski definition) is 1. The Balaban J connectivity index is 2.08. The van der Waals surface area contributed by atoms with Gasteiger partial charge in [-0.25, -0.2) is 0 Å². The number of ether oxygens (including phenoxy) is 1. The van der Waals surface area contributed by atoms with Crippen LogP contribution in [0.1, 0.15) is 13.8 Å². The first-order valence-corrected chi connectivity index (χ1v) is 6.22. The second-order valence-corrected chi connectivity index (χ2v) is 5.27. The molecule has 2 aromatic rings. The molecule has 1 aliphatic heterocycles. The van der Waals surface area contributed by atoms with Crippen LogP contribution in [0.5, 0.6) is 5.75 Å². The Morgan fingerprint density at radius 1 is 1.30 bits per heavy atom. The summed E-state index contributed by atoms with van der Waals surface area (Å²) in [7, 11) is 1.73. The lowest BCUT2D eigenvalue weighted by Crippen LogP contribution is -2.50. The van der Waals surface area contributed by atoms with Gasteiger partial charge in [-0.15, -0.1) is 0 Å². The molecule has 0 aliphatic carbocycles. The minimum atomic E-state index is -0.860. The van der Waals surface area contributed by atoms with Gasteiger partial charge in [-0.1, -0.05) is 5.16 Å². The highest BCUT2D eigenvalue weighted by atomic mass is 16.5. The van der Waals surface area contributed by atoms with E-state index in [1.165, 1.54) is 0 Å². The lowest BCUT2D eigenvalue weighted by atomic mass is 10.0. The highest BCUT2D eigenvalue weighted by molar-refractivity contribution is 6.02. The Labute approximate surface area is 116 Å². The van der Waals surface area contributed by atoms with Crippen LogP contribution in [0, 0.1) is 0 Å². The van der Waals surface area contributed by atoms with Gasteiger partial charge in [0, 0.05) is 18.7 Å². The summed E-state index contributed by atoms with van der Waals surface area (Å²) in [5, 5.41) is 3.86. The van der Waals surface area contributed by atoms with Crippen LogP contribution in [0.15, 0.2) is 28.8 Å². The Hall–Kier alpha value is -2.50. The van der Waals surface area contributed by atoms with Gasteiger partial charge < -0.3 is 19.9 Å². The Kier molecular flexibility index (Phi) is 2.50. The van der Waals surface area contributed by atoms with E-state index in [2.05, 4.69) is 5.16 Å². The van der Waals surface area contributed by atoms with Crippen LogP contribution in [0.25, 0.3) is 11.3 Å². The molecular weight excluding hydrogens is 258 g/mol. The molecule has 0 fully saturated rings. The standard InChI is InChI=1S/C14H15N3O3/c1-14(2)13(18)17(3)10-6-8(4-5-11(10)19-14)9-7-12(15)20-16-9/h4-7H,15H2,1-3H3. The van der Waals surface area contributed by atoms with Crippen molar-refractivity contribution >= 4 is 17.5 Å². The van der Waals surface area contributed by atoms with E-state index < -0.39 is 5.60 Å². The second kappa shape index (κ2) is 4.00. The maximum Gasteiger partial charge on any atom is 0.270 e. The number of carbonyl (C=O) groups is 1. The molecule has 0 saturated carbocycles. The maximum absolute atomic E-state index is 12.2. The molecular formula is C14H15N3O3. The SMILES string of the molecule is CN1C(=O)C(C)(C)Oc2ccc(-c3cc(N)on3)cc21. The molecule has 1 aliphatic rings. The molecule has 0 radical (unpaired) electrons. The molecule has 2 N–H and O–H groups in total. The van der Waals surface area contributed by atoms with Crippen LogP contribution >= 0.6 is 0 Å². The molecule has 20 heavy (non-hydrogen) atoms. The highest BCUT2D eigenvalue weighted by Gasteiger charge is 2.39. The quantitative estimate of drug-likeness (QED) is 0.860. The largest absolute Gasteiger partial charge is 0.476 e. The van der Waals surface area contributed by atoms with E-state index in [4.69, 9.17) is 15.0 Å². The average molecular weight is 273 g/mol. The van der Waals surface area contributed by atoms with Gasteiger partial charge in [0.2, 0.25) is 5.88 Å². The molecule has 0 spiro atoms. The van der Waals surface area contributed by atoms with Crippen molar-refractivity contribution in [2.45, 2.75) is 19.4 Å². The number of hydrogen-bond acceptors (Lipinski definition) is 5. The van der Waals surface area contributed by atoms with Gasteiger partial charge in [-0.2, -0.15) is 0 Å². The molecule has 1 aromatic heterocycles. The summed E-state index contributed by atoms with van der Waals surface area (Å²) in [6, 6.07) is 7.15. The predicted molar refractivity (Wildman–Crippen MR) is 74.5 cm³/mol. The van der Waals surface area contributed by atoms with Crippen molar-refractivity contribution in [3.63, 3.8) is 0 Å². The topological polar surface area (TPSA) is 81.6 Å². The zero-order valence-corrected chi connectivity index (χ0v) is 11.5. The van der Waals surface area contributed by atoms with Crippen molar-refractivity contribution in [3.05, 3.63) is 24.3 Å². The van der Waals surface area contributed by atoms with Crippen molar-refractivity contribution in [2.75, 3.05) is 17.7 Å². The predicted octanol–water partition coefficient (Wildman–Crippen LogP) is 2.06. The Bertz CT molecular complexity index is 691. The number of fused-ring (bicyclic) bond motifs is 1. The minimum Gasteiger partial charge on any atom is -0.476 e. The Morgan fingerprint density at radius 3 is 2.70 bits per heavy atom. The third-order valence-electron chi connectivity index (χ3n) is 3.33. The molecule has 0 unspecified atom stereocenters. The van der Waals surface area contributed by atoms with Crippen LogP contribution in [0.3, 0.4) is 0 Å². The number of likely N-dealkylation sites (N-methyl/N-ethyl adjacent to an activating group) is 1. The van der Waals surface area contributed by atoms with E-state index in [0.29, 0.717) is 17.1 Å². The summed E-state index contributed by atoms with van der Waals surface area (Å²) in [6.07, 6.45) is 0. The van der Waals surface area contributed by atoms with E-state index in [0.717, 1.165) is 5.56 Å². The molecule has 104 valence electrons. The van der Waals surface area contributed by atoms with Gasteiger partial charge in [0.1, 0.15) is 11.4 Å². The smallest absolute Gasteiger partial charge is 0.270 e. The van der Waals surface area contributed by atoms with Crippen molar-refractivity contribution in [1.82, 2.24) is 5.16 Å².